The van der Waals surface area contributed by atoms with Crippen LogP contribution in [0.25, 0.3) is 0 Å². The van der Waals surface area contributed by atoms with Crippen molar-refractivity contribution in [1.82, 2.24) is 14.7 Å². The summed E-state index contributed by atoms with van der Waals surface area (Å²) >= 11 is 6.70. The molecule has 1 aromatic carbocycles. The van der Waals surface area contributed by atoms with Crippen LogP contribution in [0.3, 0.4) is 0 Å². The summed E-state index contributed by atoms with van der Waals surface area (Å²) in [5.74, 6) is -0.635. The van der Waals surface area contributed by atoms with Gasteiger partial charge in [-0.3, -0.25) is 9.48 Å². The number of amides is 1. The van der Waals surface area contributed by atoms with Crippen molar-refractivity contribution in [2.24, 2.45) is 0 Å². The van der Waals surface area contributed by atoms with E-state index in [2.05, 4.69) is 21.8 Å². The number of thiocarbonyl (C=S) groups is 1. The highest BCUT2D eigenvalue weighted by Crippen LogP contribution is 2.34. The van der Waals surface area contributed by atoms with E-state index in [1.54, 1.807) is 11.8 Å². The van der Waals surface area contributed by atoms with Crippen molar-refractivity contribution in [3.8, 4) is 0 Å². The Morgan fingerprint density at radius 3 is 2.31 bits per heavy atom. The first-order valence-electron chi connectivity index (χ1n) is 11.4. The molecule has 3 rings (SSSR count). The zero-order valence-electron chi connectivity index (χ0n) is 20.9. The summed E-state index contributed by atoms with van der Waals surface area (Å²) in [7, 11) is 1.32. The normalized spacial score (nSPS) is 10.7. The molecule has 0 aliphatic rings. The molecule has 1 amide bonds. The van der Waals surface area contributed by atoms with E-state index in [0.29, 0.717) is 45.8 Å². The van der Waals surface area contributed by atoms with Gasteiger partial charge in [0.2, 0.25) is 0 Å². The van der Waals surface area contributed by atoms with E-state index in [4.69, 9.17) is 17.0 Å². The Labute approximate surface area is 215 Å². The maximum absolute atomic E-state index is 13.0. The third kappa shape index (κ3) is 6.07. The van der Waals surface area contributed by atoms with E-state index in [0.717, 1.165) is 22.6 Å². The van der Waals surface area contributed by atoms with Crippen LogP contribution in [-0.2, 0) is 11.3 Å². The molecule has 0 aliphatic heterocycles. The summed E-state index contributed by atoms with van der Waals surface area (Å²) in [6.45, 7) is 11.5. The van der Waals surface area contributed by atoms with Crippen LogP contribution in [0.5, 0.6) is 0 Å². The molecule has 0 saturated heterocycles. The van der Waals surface area contributed by atoms with Crippen LogP contribution < -0.4 is 10.6 Å². The number of aromatic nitrogens is 2. The predicted molar refractivity (Wildman–Crippen MR) is 145 cm³/mol. The number of benzene rings is 1. The van der Waals surface area contributed by atoms with Crippen LogP contribution in [0.1, 0.15) is 56.4 Å². The number of anilines is 2. The fraction of sp³-hybridized carbons (Fsp3) is 0.360. The number of rotatable bonds is 8. The second-order valence-corrected chi connectivity index (χ2v) is 9.52. The van der Waals surface area contributed by atoms with Crippen molar-refractivity contribution < 1.29 is 14.3 Å². The highest BCUT2D eigenvalue weighted by molar-refractivity contribution is 7.80. The number of hydrogen-bond acceptors (Lipinski definition) is 6. The van der Waals surface area contributed by atoms with Gasteiger partial charge >= 0.3 is 5.97 Å². The molecule has 2 N–H and O–H groups in total. The van der Waals surface area contributed by atoms with Gasteiger partial charge in [0.25, 0.3) is 5.91 Å². The lowest BCUT2D eigenvalue weighted by atomic mass is 10.1. The number of thiophene rings is 1. The van der Waals surface area contributed by atoms with Gasteiger partial charge in [-0.15, -0.1) is 11.3 Å². The van der Waals surface area contributed by atoms with Crippen LogP contribution in [0.2, 0.25) is 0 Å². The minimum Gasteiger partial charge on any atom is -0.465 e. The maximum atomic E-state index is 13.0. The van der Waals surface area contributed by atoms with Crippen molar-refractivity contribution in [2.45, 2.75) is 41.2 Å². The average molecular weight is 514 g/mol. The van der Waals surface area contributed by atoms with E-state index in [1.807, 2.05) is 56.6 Å². The van der Waals surface area contributed by atoms with Crippen LogP contribution in [0, 0.1) is 20.8 Å². The summed E-state index contributed by atoms with van der Waals surface area (Å²) in [5, 5.41) is 11.5. The molecule has 0 bridgehead atoms. The number of nitrogens with zero attached hydrogens (tertiary/aromatic N) is 3. The summed E-state index contributed by atoms with van der Waals surface area (Å²) < 4.78 is 6.93. The fourth-order valence-corrected chi connectivity index (χ4v) is 5.23. The summed E-state index contributed by atoms with van der Waals surface area (Å²) in [6, 6.07) is 9.95. The monoisotopic (exact) mass is 513 g/mol. The van der Waals surface area contributed by atoms with Gasteiger partial charge in [0, 0.05) is 24.5 Å². The lowest BCUT2D eigenvalue weighted by molar-refractivity contribution is 0.0601. The number of aryl methyl sites for hydroxylation is 2. The van der Waals surface area contributed by atoms with Crippen molar-refractivity contribution in [3.63, 3.8) is 0 Å². The maximum Gasteiger partial charge on any atom is 0.341 e. The molecule has 2 heterocycles. The van der Waals surface area contributed by atoms with Crippen LogP contribution in [-0.4, -0.2) is 51.9 Å². The number of hydrogen-bond donors (Lipinski definition) is 2. The van der Waals surface area contributed by atoms with Gasteiger partial charge in [-0.1, -0.05) is 12.1 Å². The minimum absolute atomic E-state index is 0.118. The van der Waals surface area contributed by atoms with Gasteiger partial charge in [0.15, 0.2) is 5.11 Å². The van der Waals surface area contributed by atoms with Crippen LogP contribution in [0.4, 0.5) is 10.7 Å². The van der Waals surface area contributed by atoms with Crippen molar-refractivity contribution in [3.05, 3.63) is 63.3 Å². The summed E-state index contributed by atoms with van der Waals surface area (Å²) in [6.07, 6.45) is 0. The van der Waals surface area contributed by atoms with Crippen molar-refractivity contribution >= 4 is 51.2 Å². The fourth-order valence-electron chi connectivity index (χ4n) is 3.77. The minimum atomic E-state index is -0.517. The molecular formula is C25H31N5O3S2. The molecule has 10 heteroatoms. The Balaban J connectivity index is 1.75. The number of esters is 1. The highest BCUT2D eigenvalue weighted by atomic mass is 32.1. The van der Waals surface area contributed by atoms with E-state index in [-0.39, 0.29) is 5.91 Å². The number of carbonyl (C=O) groups is 2. The van der Waals surface area contributed by atoms with E-state index in [9.17, 15) is 9.59 Å². The quantitative estimate of drug-likeness (QED) is 0.324. The Hall–Kier alpha value is -3.24. The first-order chi connectivity index (χ1) is 16.7. The third-order valence-corrected chi connectivity index (χ3v) is 7.06. The van der Waals surface area contributed by atoms with Gasteiger partial charge in [-0.2, -0.15) is 5.10 Å². The largest absolute Gasteiger partial charge is 0.465 e. The number of methoxy groups -OCH3 is 1. The van der Waals surface area contributed by atoms with Gasteiger partial charge in [0.05, 0.1) is 29.8 Å². The van der Waals surface area contributed by atoms with Gasteiger partial charge in [-0.05, 0) is 76.2 Å². The second-order valence-electron chi connectivity index (χ2n) is 8.09. The Morgan fingerprint density at radius 1 is 1.11 bits per heavy atom. The smallest absolute Gasteiger partial charge is 0.341 e. The highest BCUT2D eigenvalue weighted by Gasteiger charge is 2.27. The van der Waals surface area contributed by atoms with Crippen LogP contribution in [0.15, 0.2) is 30.3 Å². The van der Waals surface area contributed by atoms with Crippen molar-refractivity contribution in [2.75, 3.05) is 30.8 Å². The molecule has 8 nitrogen and oxygen atoms in total. The molecule has 0 fully saturated rings. The summed E-state index contributed by atoms with van der Waals surface area (Å²) in [4.78, 5) is 27.7. The molecule has 0 spiro atoms. The zero-order chi connectivity index (χ0) is 25.7. The van der Waals surface area contributed by atoms with E-state index < -0.39 is 5.97 Å². The first kappa shape index (κ1) is 26.4. The summed E-state index contributed by atoms with van der Waals surface area (Å²) in [5.41, 5.74) is 4.92. The topological polar surface area (TPSA) is 88.5 Å². The SMILES string of the molecule is CCN(CC)C(=O)c1sc(NC(=S)Nc2ccc(Cn3nc(C)cc3C)cc2)c(C(=O)OC)c1C. The van der Waals surface area contributed by atoms with E-state index >= 15 is 0 Å². The molecule has 0 aliphatic carbocycles. The molecule has 0 unspecified atom stereocenters. The Morgan fingerprint density at radius 2 is 1.77 bits per heavy atom. The molecule has 0 radical (unpaired) electrons. The molecule has 0 saturated carbocycles. The lowest BCUT2D eigenvalue weighted by Gasteiger charge is -2.18. The molecular weight excluding hydrogens is 482 g/mol. The van der Waals surface area contributed by atoms with Gasteiger partial charge in [0.1, 0.15) is 5.00 Å². The van der Waals surface area contributed by atoms with Crippen LogP contribution >= 0.6 is 23.6 Å². The standard InChI is InChI=1S/C25H31N5O3S2/c1-7-29(8-2)23(31)21-17(5)20(24(32)33-6)22(35-21)27-25(34)26-19-11-9-18(10-12-19)14-30-16(4)13-15(3)28-30/h9-13H,7-8,14H2,1-6H3,(H2,26,27,34). The van der Waals surface area contributed by atoms with Gasteiger partial charge in [-0.25, -0.2) is 4.79 Å². The Bertz CT molecular complexity index is 1230. The number of carbonyl (C=O) groups excluding carboxylic acids is 2. The second kappa shape index (κ2) is 11.5. The molecule has 3 aromatic rings. The van der Waals surface area contributed by atoms with Gasteiger partial charge < -0.3 is 20.3 Å². The zero-order valence-corrected chi connectivity index (χ0v) is 22.5. The average Bonchev–Trinajstić information content (AvgIpc) is 3.32. The first-order valence-corrected chi connectivity index (χ1v) is 12.6. The molecule has 35 heavy (non-hydrogen) atoms. The lowest BCUT2D eigenvalue weighted by Crippen LogP contribution is -2.30. The molecule has 2 aromatic heterocycles. The third-order valence-electron chi connectivity index (χ3n) is 5.66. The van der Waals surface area contributed by atoms with Crippen molar-refractivity contribution in [1.29, 1.82) is 0 Å². The Kier molecular flexibility index (Phi) is 8.63. The number of ether oxygens (including phenoxy) is 1. The van der Waals surface area contributed by atoms with E-state index in [1.165, 1.54) is 18.4 Å². The predicted octanol–water partition coefficient (Wildman–Crippen LogP) is 5.00. The number of nitrogens with one attached hydrogen (secondary N) is 2. The molecule has 0 atom stereocenters. The molecule has 186 valence electrons.